The summed E-state index contributed by atoms with van der Waals surface area (Å²) in [4.78, 5) is 0. The van der Waals surface area contributed by atoms with E-state index in [9.17, 15) is 0 Å². The molecule has 10 heavy (non-hydrogen) atoms. The third kappa shape index (κ3) is 1.01. The third-order valence-corrected chi connectivity index (χ3v) is 1.54. The second kappa shape index (κ2) is 2.53. The molecule has 1 rings (SSSR count). The van der Waals surface area contributed by atoms with Crippen molar-refractivity contribution < 1.29 is 0 Å². The molecule has 1 aliphatic heterocycles. The highest BCUT2D eigenvalue weighted by atomic mass is 15.3. The van der Waals surface area contributed by atoms with Crippen molar-refractivity contribution in [1.82, 2.24) is 5.43 Å². The van der Waals surface area contributed by atoms with Gasteiger partial charge in [-0.2, -0.15) is 15.8 Å². The Morgan fingerprint density at radius 1 is 1.50 bits per heavy atom. The first-order valence-corrected chi connectivity index (χ1v) is 3.08. The maximum atomic E-state index is 8.34. The number of hydrogen-bond donors (Lipinski definition) is 0. The second-order valence-corrected chi connectivity index (χ2v) is 2.19. The van der Waals surface area contributed by atoms with Crippen LogP contribution in [-0.2, 0) is 0 Å². The number of hydrogen-bond acceptors (Lipinski definition) is 2. The molecule has 0 saturated carbocycles. The van der Waals surface area contributed by atoms with E-state index >= 15 is 0 Å². The van der Waals surface area contributed by atoms with Crippen LogP contribution in [0.25, 0.3) is 0 Å². The molecule has 1 aliphatic rings. The Hall–Kier alpha value is -1.30. The molecular formula is C7H8N3. The van der Waals surface area contributed by atoms with Gasteiger partial charge in [0, 0.05) is 0 Å². The van der Waals surface area contributed by atoms with Crippen LogP contribution in [-0.4, -0.2) is 5.71 Å². The minimum absolute atomic E-state index is 0.368. The third-order valence-electron chi connectivity index (χ3n) is 1.54. The fraction of sp³-hybridized carbons (Fsp3) is 0.429. The maximum Gasteiger partial charge on any atom is 0.0819 e. The molecule has 0 unspecified atom stereocenters. The maximum absolute atomic E-state index is 8.34. The molecule has 51 valence electrons. The molecule has 0 N–H and O–H groups in total. The van der Waals surface area contributed by atoms with Crippen molar-refractivity contribution >= 4 is 5.71 Å². The standard InChI is InChI=1S/C7H8N3/c1-5-6(2)9-10-7(5)3-4-8/h3H2,1-2H3. The van der Waals surface area contributed by atoms with E-state index < -0.39 is 0 Å². The lowest BCUT2D eigenvalue weighted by Crippen LogP contribution is -1.92. The summed E-state index contributed by atoms with van der Waals surface area (Å²) in [5.74, 6) is 0. The number of nitriles is 1. The van der Waals surface area contributed by atoms with Crippen LogP contribution in [0.4, 0.5) is 0 Å². The monoisotopic (exact) mass is 134 g/mol. The van der Waals surface area contributed by atoms with Crippen LogP contribution < -0.4 is 5.43 Å². The zero-order chi connectivity index (χ0) is 7.56. The molecule has 0 aromatic carbocycles. The van der Waals surface area contributed by atoms with E-state index in [-0.39, 0.29) is 0 Å². The van der Waals surface area contributed by atoms with Gasteiger partial charge in [-0.05, 0) is 19.4 Å². The minimum Gasteiger partial charge on any atom is -0.198 e. The average molecular weight is 134 g/mol. The van der Waals surface area contributed by atoms with E-state index in [4.69, 9.17) is 5.26 Å². The van der Waals surface area contributed by atoms with Crippen LogP contribution in [0.1, 0.15) is 20.3 Å². The summed E-state index contributed by atoms with van der Waals surface area (Å²) in [6.45, 7) is 3.82. The molecule has 0 saturated heterocycles. The quantitative estimate of drug-likeness (QED) is 0.531. The van der Waals surface area contributed by atoms with Gasteiger partial charge in [-0.3, -0.25) is 0 Å². The zero-order valence-electron chi connectivity index (χ0n) is 6.05. The van der Waals surface area contributed by atoms with E-state index in [0.717, 1.165) is 17.0 Å². The summed E-state index contributed by atoms with van der Waals surface area (Å²) in [5.41, 5.74) is 6.60. The summed E-state index contributed by atoms with van der Waals surface area (Å²) in [7, 11) is 0. The van der Waals surface area contributed by atoms with Gasteiger partial charge in [0.2, 0.25) is 0 Å². The Morgan fingerprint density at radius 2 is 2.20 bits per heavy atom. The van der Waals surface area contributed by atoms with Gasteiger partial charge in [0.05, 0.1) is 23.9 Å². The molecule has 0 aliphatic carbocycles. The highest BCUT2D eigenvalue weighted by molar-refractivity contribution is 5.99. The van der Waals surface area contributed by atoms with Gasteiger partial charge in [-0.15, -0.1) is 0 Å². The lowest BCUT2D eigenvalue weighted by atomic mass is 10.1. The van der Waals surface area contributed by atoms with Gasteiger partial charge >= 0.3 is 0 Å². The van der Waals surface area contributed by atoms with Crippen molar-refractivity contribution in [2.75, 3.05) is 0 Å². The predicted molar refractivity (Wildman–Crippen MR) is 38.2 cm³/mol. The van der Waals surface area contributed by atoms with E-state index in [2.05, 4.69) is 10.5 Å². The van der Waals surface area contributed by atoms with Crippen LogP contribution in [0.5, 0.6) is 0 Å². The van der Waals surface area contributed by atoms with Crippen molar-refractivity contribution in [3.05, 3.63) is 11.3 Å². The predicted octanol–water partition coefficient (Wildman–Crippen LogP) is 1.17. The van der Waals surface area contributed by atoms with Gasteiger partial charge in [0.25, 0.3) is 0 Å². The van der Waals surface area contributed by atoms with E-state index in [0.29, 0.717) is 6.42 Å². The summed E-state index contributed by atoms with van der Waals surface area (Å²) in [6.07, 6.45) is 0.368. The molecule has 1 heterocycles. The Balaban J connectivity index is 2.76. The van der Waals surface area contributed by atoms with Crippen molar-refractivity contribution in [3.8, 4) is 6.07 Å². The summed E-state index contributed by atoms with van der Waals surface area (Å²) < 4.78 is 0. The minimum atomic E-state index is 0.368. The molecule has 3 heteroatoms. The number of allylic oxidation sites excluding steroid dienone is 2. The molecule has 0 amide bonds. The fourth-order valence-electron chi connectivity index (χ4n) is 0.737. The number of rotatable bonds is 1. The summed E-state index contributed by atoms with van der Waals surface area (Å²) in [5, 5.41) is 12.2. The molecule has 0 bridgehead atoms. The first kappa shape index (κ1) is 6.81. The highest BCUT2D eigenvalue weighted by Gasteiger charge is 2.12. The Labute approximate surface area is 60.0 Å². The van der Waals surface area contributed by atoms with Crippen LogP contribution in [0.15, 0.2) is 16.4 Å². The van der Waals surface area contributed by atoms with Crippen LogP contribution in [0.2, 0.25) is 0 Å². The fourth-order valence-corrected chi connectivity index (χ4v) is 0.737. The van der Waals surface area contributed by atoms with Gasteiger partial charge in [-0.25, -0.2) is 0 Å². The van der Waals surface area contributed by atoms with Crippen molar-refractivity contribution in [2.24, 2.45) is 5.10 Å². The summed E-state index contributed by atoms with van der Waals surface area (Å²) in [6, 6.07) is 2.04. The molecule has 0 aromatic rings. The first-order chi connectivity index (χ1) is 4.75. The van der Waals surface area contributed by atoms with E-state index in [1.165, 1.54) is 0 Å². The number of nitrogens with zero attached hydrogens (tertiary/aromatic N) is 3. The highest BCUT2D eigenvalue weighted by Crippen LogP contribution is 2.13. The molecule has 0 spiro atoms. The Morgan fingerprint density at radius 3 is 2.60 bits per heavy atom. The zero-order valence-corrected chi connectivity index (χ0v) is 6.05. The largest absolute Gasteiger partial charge is 0.198 e. The van der Waals surface area contributed by atoms with E-state index in [1.807, 2.05) is 19.9 Å². The lowest BCUT2D eigenvalue weighted by Gasteiger charge is -1.91. The van der Waals surface area contributed by atoms with Crippen LogP contribution in [0, 0.1) is 11.3 Å². The second-order valence-electron chi connectivity index (χ2n) is 2.19. The van der Waals surface area contributed by atoms with Crippen molar-refractivity contribution in [3.63, 3.8) is 0 Å². The van der Waals surface area contributed by atoms with Crippen LogP contribution in [0.3, 0.4) is 0 Å². The molecule has 0 atom stereocenters. The smallest absolute Gasteiger partial charge is 0.0819 e. The normalized spacial score (nSPS) is 16.3. The molecule has 3 nitrogen and oxygen atoms in total. The van der Waals surface area contributed by atoms with E-state index in [1.54, 1.807) is 0 Å². The molecular weight excluding hydrogens is 126 g/mol. The Bertz CT molecular complexity index is 242. The van der Waals surface area contributed by atoms with Crippen LogP contribution >= 0.6 is 0 Å². The SMILES string of the molecule is CC1=N[N]C(CC#N)=C1C. The molecule has 0 aromatic heterocycles. The van der Waals surface area contributed by atoms with Gasteiger partial charge in [0.1, 0.15) is 0 Å². The first-order valence-electron chi connectivity index (χ1n) is 3.08. The van der Waals surface area contributed by atoms with Gasteiger partial charge in [-0.1, -0.05) is 0 Å². The summed E-state index contributed by atoms with van der Waals surface area (Å²) >= 11 is 0. The molecule has 0 fully saturated rings. The molecule has 1 radical (unpaired) electrons. The average Bonchev–Trinajstić information content (AvgIpc) is 2.20. The van der Waals surface area contributed by atoms with Crippen molar-refractivity contribution in [1.29, 1.82) is 5.26 Å². The topological polar surface area (TPSA) is 50.2 Å². The lowest BCUT2D eigenvalue weighted by molar-refractivity contribution is 0.859. The van der Waals surface area contributed by atoms with Gasteiger partial charge in [0.15, 0.2) is 0 Å². The Kier molecular flexibility index (Phi) is 1.72. The van der Waals surface area contributed by atoms with Gasteiger partial charge < -0.3 is 0 Å². The van der Waals surface area contributed by atoms with Crippen molar-refractivity contribution in [2.45, 2.75) is 20.3 Å².